The highest BCUT2D eigenvalue weighted by Crippen LogP contribution is 2.29. The minimum atomic E-state index is -3.75. The Balaban J connectivity index is 1.86. The molecular formula is C24H22ClN3O4S. The van der Waals surface area contributed by atoms with Gasteiger partial charge in [-0.15, -0.1) is 0 Å². The molecule has 0 radical (unpaired) electrons. The minimum absolute atomic E-state index is 0.0483. The molecule has 0 saturated carbocycles. The summed E-state index contributed by atoms with van der Waals surface area (Å²) in [6.45, 7) is 5.26. The highest BCUT2D eigenvalue weighted by Gasteiger charge is 2.26. The number of sulfone groups is 1. The van der Waals surface area contributed by atoms with Crippen LogP contribution >= 0.6 is 11.6 Å². The molecule has 2 heterocycles. The van der Waals surface area contributed by atoms with Gasteiger partial charge in [0.1, 0.15) is 11.3 Å². The number of rotatable bonds is 4. The first-order valence-corrected chi connectivity index (χ1v) is 12.2. The summed E-state index contributed by atoms with van der Waals surface area (Å²) in [5.41, 5.74) is 0.945. The Morgan fingerprint density at radius 1 is 1.06 bits per heavy atom. The maximum Gasteiger partial charge on any atom is 0.420 e. The van der Waals surface area contributed by atoms with Crippen LogP contribution < -0.4 is 0 Å². The third-order valence-electron chi connectivity index (χ3n) is 4.76. The Labute approximate surface area is 196 Å². The Kier molecular flexibility index (Phi) is 5.99. The number of fused-ring (bicyclic) bond motifs is 1. The van der Waals surface area contributed by atoms with Gasteiger partial charge in [0.15, 0.2) is 15.7 Å². The van der Waals surface area contributed by atoms with Crippen LogP contribution in [-0.2, 0) is 20.3 Å². The van der Waals surface area contributed by atoms with E-state index in [1.165, 1.54) is 16.7 Å². The molecule has 2 aromatic carbocycles. The number of carbonyl (C=O) groups excluding carboxylic acids is 1. The van der Waals surface area contributed by atoms with E-state index in [1.54, 1.807) is 75.5 Å². The maximum absolute atomic E-state index is 13.2. The summed E-state index contributed by atoms with van der Waals surface area (Å²) < 4.78 is 33.2. The highest BCUT2D eigenvalue weighted by atomic mass is 35.5. The second-order valence-corrected chi connectivity index (χ2v) is 10.9. The van der Waals surface area contributed by atoms with E-state index in [1.807, 2.05) is 0 Å². The summed E-state index contributed by atoms with van der Waals surface area (Å²) >= 11 is 6.17. The second kappa shape index (κ2) is 8.61. The topological polar surface area (TPSA) is 91.2 Å². The molecule has 170 valence electrons. The van der Waals surface area contributed by atoms with Crippen molar-refractivity contribution in [3.05, 3.63) is 77.4 Å². The standard InChI is InChI=1S/C24H22ClN3O4S/c1-24(2,3)32-23(29)28-21-14-17(33(30,31)15-16-8-4-5-9-18(16)25)11-12-19(21)27-22(28)20-10-6-7-13-26-20/h4-14H,15H2,1-3H3. The van der Waals surface area contributed by atoms with Gasteiger partial charge in [-0.05, 0) is 62.7 Å². The molecule has 0 aliphatic carbocycles. The molecule has 0 amide bonds. The molecule has 0 aliphatic rings. The van der Waals surface area contributed by atoms with E-state index in [2.05, 4.69) is 9.97 Å². The highest BCUT2D eigenvalue weighted by molar-refractivity contribution is 7.90. The molecule has 0 N–H and O–H groups in total. The number of hydrogen-bond acceptors (Lipinski definition) is 6. The molecule has 0 unspecified atom stereocenters. The van der Waals surface area contributed by atoms with Crippen molar-refractivity contribution in [3.63, 3.8) is 0 Å². The Hall–Kier alpha value is -3.23. The molecule has 4 rings (SSSR count). The van der Waals surface area contributed by atoms with Crippen LogP contribution in [0.3, 0.4) is 0 Å². The lowest BCUT2D eigenvalue weighted by molar-refractivity contribution is 0.0546. The predicted octanol–water partition coefficient (Wildman–Crippen LogP) is 5.51. The van der Waals surface area contributed by atoms with Crippen molar-refractivity contribution in [2.24, 2.45) is 0 Å². The van der Waals surface area contributed by atoms with Crippen LogP contribution in [0.4, 0.5) is 4.79 Å². The lowest BCUT2D eigenvalue weighted by atomic mass is 10.2. The average molecular weight is 484 g/mol. The molecule has 2 aromatic heterocycles. The van der Waals surface area contributed by atoms with Crippen molar-refractivity contribution in [3.8, 4) is 11.5 Å². The van der Waals surface area contributed by atoms with Gasteiger partial charge in [-0.25, -0.2) is 22.8 Å². The fourth-order valence-corrected chi connectivity index (χ4v) is 4.99. The number of imidazole rings is 1. The van der Waals surface area contributed by atoms with Gasteiger partial charge in [0.2, 0.25) is 0 Å². The summed E-state index contributed by atoms with van der Waals surface area (Å²) in [6, 6.07) is 16.5. The number of nitrogens with zero attached hydrogens (tertiary/aromatic N) is 3. The van der Waals surface area contributed by atoms with Crippen LogP contribution in [0.1, 0.15) is 26.3 Å². The Morgan fingerprint density at radius 3 is 2.45 bits per heavy atom. The molecular weight excluding hydrogens is 462 g/mol. The monoisotopic (exact) mass is 483 g/mol. The summed E-state index contributed by atoms with van der Waals surface area (Å²) in [6.07, 6.45) is 0.916. The normalized spacial score (nSPS) is 12.1. The molecule has 0 saturated heterocycles. The Bertz CT molecular complexity index is 1440. The van der Waals surface area contributed by atoms with Crippen molar-refractivity contribution in [1.29, 1.82) is 0 Å². The number of ether oxygens (including phenoxy) is 1. The van der Waals surface area contributed by atoms with Crippen LogP contribution in [0, 0.1) is 0 Å². The summed E-state index contributed by atoms with van der Waals surface area (Å²) in [4.78, 5) is 22.0. The summed E-state index contributed by atoms with van der Waals surface area (Å²) in [5, 5.41) is 0.374. The molecule has 33 heavy (non-hydrogen) atoms. The van der Waals surface area contributed by atoms with E-state index >= 15 is 0 Å². The fourth-order valence-electron chi connectivity index (χ4n) is 3.31. The van der Waals surface area contributed by atoms with Gasteiger partial charge in [0, 0.05) is 11.2 Å². The number of pyridine rings is 1. The van der Waals surface area contributed by atoms with Crippen molar-refractivity contribution in [2.75, 3.05) is 0 Å². The van der Waals surface area contributed by atoms with E-state index < -0.39 is 21.5 Å². The molecule has 9 heteroatoms. The van der Waals surface area contributed by atoms with E-state index in [0.717, 1.165) is 0 Å². The fraction of sp³-hybridized carbons (Fsp3) is 0.208. The van der Waals surface area contributed by atoms with Gasteiger partial charge in [0.25, 0.3) is 0 Å². The minimum Gasteiger partial charge on any atom is -0.443 e. The zero-order chi connectivity index (χ0) is 23.8. The molecule has 0 bridgehead atoms. The first-order valence-electron chi connectivity index (χ1n) is 10.2. The molecule has 4 aromatic rings. The second-order valence-electron chi connectivity index (χ2n) is 8.47. The number of hydrogen-bond donors (Lipinski definition) is 0. The largest absolute Gasteiger partial charge is 0.443 e. The molecule has 0 fully saturated rings. The zero-order valence-corrected chi connectivity index (χ0v) is 19.9. The predicted molar refractivity (Wildman–Crippen MR) is 127 cm³/mol. The number of halogens is 1. The van der Waals surface area contributed by atoms with E-state index in [4.69, 9.17) is 16.3 Å². The van der Waals surface area contributed by atoms with Crippen molar-refractivity contribution >= 4 is 38.6 Å². The van der Waals surface area contributed by atoms with Gasteiger partial charge in [0.05, 0.1) is 21.7 Å². The van der Waals surface area contributed by atoms with Crippen molar-refractivity contribution < 1.29 is 17.9 Å². The lowest BCUT2D eigenvalue weighted by Crippen LogP contribution is -2.27. The third kappa shape index (κ3) is 4.91. The average Bonchev–Trinajstić information content (AvgIpc) is 3.14. The van der Waals surface area contributed by atoms with Crippen LogP contribution in [0.5, 0.6) is 0 Å². The van der Waals surface area contributed by atoms with Gasteiger partial charge in [-0.1, -0.05) is 35.9 Å². The van der Waals surface area contributed by atoms with Crippen LogP contribution in [0.2, 0.25) is 5.02 Å². The van der Waals surface area contributed by atoms with Crippen LogP contribution in [-0.4, -0.2) is 34.6 Å². The van der Waals surface area contributed by atoms with Gasteiger partial charge in [-0.3, -0.25) is 4.98 Å². The van der Waals surface area contributed by atoms with Crippen LogP contribution in [0.25, 0.3) is 22.6 Å². The molecule has 0 aliphatic heterocycles. The first kappa shape index (κ1) is 22.9. The smallest absolute Gasteiger partial charge is 0.420 e. The SMILES string of the molecule is CC(C)(C)OC(=O)n1c(-c2ccccn2)nc2ccc(S(=O)(=O)Cc3ccccc3Cl)cc21. The molecule has 7 nitrogen and oxygen atoms in total. The number of benzene rings is 2. The van der Waals surface area contributed by atoms with Gasteiger partial charge < -0.3 is 4.74 Å². The molecule has 0 spiro atoms. The van der Waals surface area contributed by atoms with Crippen molar-refractivity contribution in [2.45, 2.75) is 37.0 Å². The number of aromatic nitrogens is 3. The third-order valence-corrected chi connectivity index (χ3v) is 6.79. The maximum atomic E-state index is 13.2. The van der Waals surface area contributed by atoms with E-state index in [0.29, 0.717) is 27.3 Å². The van der Waals surface area contributed by atoms with Gasteiger partial charge >= 0.3 is 6.09 Å². The van der Waals surface area contributed by atoms with E-state index in [-0.39, 0.29) is 16.5 Å². The first-order chi connectivity index (χ1) is 15.5. The van der Waals surface area contributed by atoms with Gasteiger partial charge in [-0.2, -0.15) is 0 Å². The summed E-state index contributed by atoms with van der Waals surface area (Å²) in [7, 11) is -3.75. The van der Waals surface area contributed by atoms with Crippen LogP contribution in [0.15, 0.2) is 71.8 Å². The lowest BCUT2D eigenvalue weighted by Gasteiger charge is -2.20. The number of carbonyl (C=O) groups is 1. The quantitative estimate of drug-likeness (QED) is 0.380. The zero-order valence-electron chi connectivity index (χ0n) is 18.3. The summed E-state index contributed by atoms with van der Waals surface area (Å²) in [5.74, 6) is -0.00762. The Morgan fingerprint density at radius 2 is 1.79 bits per heavy atom. The van der Waals surface area contributed by atoms with Crippen molar-refractivity contribution in [1.82, 2.24) is 14.5 Å². The molecule has 0 atom stereocenters. The van der Waals surface area contributed by atoms with E-state index in [9.17, 15) is 13.2 Å².